The van der Waals surface area contributed by atoms with Crippen LogP contribution < -0.4 is 21.5 Å². The van der Waals surface area contributed by atoms with Crippen LogP contribution in [-0.4, -0.2) is 57.6 Å². The standard InChI is InChI=1S/C25H32N6O3/c1-3-34-15-14-31-23(32)21-22(28(2)25(31)33)27-24(29-13-11-19-16-26-17-20(19)29)30(21)12-7-10-18-8-5-4-6-9-18/h4-10,19-20,26H,3,11-17H2,1-2H3. The fourth-order valence-corrected chi connectivity index (χ4v) is 5.21. The molecule has 2 fully saturated rings. The number of hydrogen-bond donors (Lipinski definition) is 1. The zero-order valence-electron chi connectivity index (χ0n) is 19.8. The summed E-state index contributed by atoms with van der Waals surface area (Å²) in [5.74, 6) is 1.35. The second-order valence-corrected chi connectivity index (χ2v) is 8.97. The largest absolute Gasteiger partial charge is 0.380 e. The number of allylic oxidation sites excluding steroid dienone is 1. The van der Waals surface area contributed by atoms with E-state index >= 15 is 0 Å². The molecule has 34 heavy (non-hydrogen) atoms. The molecule has 5 rings (SSSR count). The van der Waals surface area contributed by atoms with Crippen molar-refractivity contribution in [3.05, 3.63) is 62.8 Å². The third-order valence-corrected chi connectivity index (χ3v) is 6.98. The van der Waals surface area contributed by atoms with Gasteiger partial charge in [-0.25, -0.2) is 4.79 Å². The van der Waals surface area contributed by atoms with Gasteiger partial charge in [0, 0.05) is 45.9 Å². The minimum Gasteiger partial charge on any atom is -0.380 e. The van der Waals surface area contributed by atoms with E-state index in [1.807, 2.05) is 41.8 Å². The predicted octanol–water partition coefficient (Wildman–Crippen LogP) is 1.44. The molecular weight excluding hydrogens is 432 g/mol. The molecule has 9 heteroatoms. The number of anilines is 1. The Morgan fingerprint density at radius 2 is 2.00 bits per heavy atom. The van der Waals surface area contributed by atoms with Crippen molar-refractivity contribution in [2.24, 2.45) is 13.0 Å². The van der Waals surface area contributed by atoms with Gasteiger partial charge in [-0.05, 0) is 24.8 Å². The quantitative estimate of drug-likeness (QED) is 0.508. The third-order valence-electron chi connectivity index (χ3n) is 6.98. The number of benzene rings is 1. The van der Waals surface area contributed by atoms with Crippen LogP contribution in [0.25, 0.3) is 17.2 Å². The molecular formula is C25H32N6O3. The Morgan fingerprint density at radius 3 is 2.79 bits per heavy atom. The Labute approximate surface area is 198 Å². The monoisotopic (exact) mass is 464 g/mol. The summed E-state index contributed by atoms with van der Waals surface area (Å²) in [4.78, 5) is 33.8. The number of nitrogens with zero attached hydrogens (tertiary/aromatic N) is 5. The Morgan fingerprint density at radius 1 is 1.18 bits per heavy atom. The second-order valence-electron chi connectivity index (χ2n) is 8.97. The third kappa shape index (κ3) is 3.99. The van der Waals surface area contributed by atoms with Gasteiger partial charge in [-0.2, -0.15) is 4.98 Å². The zero-order chi connectivity index (χ0) is 23.7. The smallest absolute Gasteiger partial charge is 0.332 e. The molecule has 3 aromatic rings. The summed E-state index contributed by atoms with van der Waals surface area (Å²) >= 11 is 0. The van der Waals surface area contributed by atoms with Crippen molar-refractivity contribution >= 4 is 23.2 Å². The average molecular weight is 465 g/mol. The Balaban J connectivity index is 1.62. The SMILES string of the molecule is CCOCCn1c(=O)c2c(nc(N3CCC4CNCC43)n2CC=Cc2ccccc2)n(C)c1=O. The lowest BCUT2D eigenvalue weighted by molar-refractivity contribution is 0.137. The summed E-state index contributed by atoms with van der Waals surface area (Å²) in [7, 11) is 1.69. The van der Waals surface area contributed by atoms with E-state index in [-0.39, 0.29) is 17.8 Å². The van der Waals surface area contributed by atoms with Crippen molar-refractivity contribution in [2.45, 2.75) is 32.5 Å². The lowest BCUT2D eigenvalue weighted by Gasteiger charge is -2.25. The van der Waals surface area contributed by atoms with Gasteiger partial charge < -0.3 is 19.5 Å². The van der Waals surface area contributed by atoms with Crippen molar-refractivity contribution < 1.29 is 4.74 Å². The molecule has 0 aliphatic carbocycles. The van der Waals surface area contributed by atoms with E-state index in [0.717, 1.165) is 37.6 Å². The van der Waals surface area contributed by atoms with E-state index in [1.54, 1.807) is 7.05 Å². The number of nitrogens with one attached hydrogen (secondary N) is 1. The summed E-state index contributed by atoms with van der Waals surface area (Å²) in [6.45, 7) is 6.27. The van der Waals surface area contributed by atoms with Gasteiger partial charge in [-0.1, -0.05) is 42.5 Å². The molecule has 4 heterocycles. The van der Waals surface area contributed by atoms with Crippen LogP contribution in [0, 0.1) is 5.92 Å². The minimum absolute atomic E-state index is 0.216. The first-order chi connectivity index (χ1) is 16.6. The highest BCUT2D eigenvalue weighted by Gasteiger charge is 2.40. The Bertz CT molecular complexity index is 1310. The molecule has 2 aliphatic heterocycles. The lowest BCUT2D eigenvalue weighted by atomic mass is 10.1. The summed E-state index contributed by atoms with van der Waals surface area (Å²) < 4.78 is 10.2. The van der Waals surface area contributed by atoms with Crippen molar-refractivity contribution in [1.82, 2.24) is 24.0 Å². The Hall–Kier alpha value is -3.17. The molecule has 0 saturated carbocycles. The highest BCUT2D eigenvalue weighted by Crippen LogP contribution is 2.32. The van der Waals surface area contributed by atoms with Crippen molar-refractivity contribution in [3.63, 3.8) is 0 Å². The van der Waals surface area contributed by atoms with Gasteiger partial charge in [0.1, 0.15) is 0 Å². The first-order valence-corrected chi connectivity index (χ1v) is 12.1. The van der Waals surface area contributed by atoms with Gasteiger partial charge in [0.05, 0.1) is 13.2 Å². The van der Waals surface area contributed by atoms with Gasteiger partial charge in [0.25, 0.3) is 5.56 Å². The number of ether oxygens (including phenoxy) is 1. The first-order valence-electron chi connectivity index (χ1n) is 12.1. The molecule has 1 N–H and O–H groups in total. The number of rotatable bonds is 8. The molecule has 0 radical (unpaired) electrons. The van der Waals surface area contributed by atoms with Gasteiger partial charge in [0.15, 0.2) is 11.2 Å². The first kappa shape index (κ1) is 22.6. The molecule has 2 aliphatic rings. The van der Waals surface area contributed by atoms with Crippen LogP contribution in [-0.2, 0) is 24.9 Å². The van der Waals surface area contributed by atoms with Crippen LogP contribution in [0.3, 0.4) is 0 Å². The molecule has 2 aromatic heterocycles. The molecule has 0 amide bonds. The molecule has 2 atom stereocenters. The van der Waals surface area contributed by atoms with E-state index in [2.05, 4.69) is 22.4 Å². The molecule has 1 aromatic carbocycles. The maximum Gasteiger partial charge on any atom is 0.332 e. The maximum absolute atomic E-state index is 13.6. The van der Waals surface area contributed by atoms with Gasteiger partial charge in [-0.3, -0.25) is 13.9 Å². The highest BCUT2D eigenvalue weighted by atomic mass is 16.5. The van der Waals surface area contributed by atoms with Gasteiger partial charge in [0.2, 0.25) is 5.95 Å². The number of fused-ring (bicyclic) bond motifs is 2. The fraction of sp³-hybridized carbons (Fsp3) is 0.480. The highest BCUT2D eigenvalue weighted by molar-refractivity contribution is 5.75. The van der Waals surface area contributed by atoms with Crippen LogP contribution in [0.15, 0.2) is 46.0 Å². The minimum atomic E-state index is -0.366. The van der Waals surface area contributed by atoms with Crippen LogP contribution in [0.1, 0.15) is 18.9 Å². The Kier molecular flexibility index (Phi) is 6.38. The molecule has 0 bridgehead atoms. The fourth-order valence-electron chi connectivity index (χ4n) is 5.21. The maximum atomic E-state index is 13.6. The number of aryl methyl sites for hydroxylation is 1. The van der Waals surface area contributed by atoms with E-state index in [9.17, 15) is 9.59 Å². The van der Waals surface area contributed by atoms with Crippen LogP contribution in [0.5, 0.6) is 0 Å². The number of imidazole rings is 1. The molecule has 2 unspecified atom stereocenters. The van der Waals surface area contributed by atoms with Gasteiger partial charge in [-0.15, -0.1) is 0 Å². The topological polar surface area (TPSA) is 86.3 Å². The molecule has 0 spiro atoms. The summed E-state index contributed by atoms with van der Waals surface area (Å²) in [5.41, 5.74) is 1.30. The molecule has 2 saturated heterocycles. The van der Waals surface area contributed by atoms with E-state index in [4.69, 9.17) is 9.72 Å². The van der Waals surface area contributed by atoms with Crippen LogP contribution in [0.4, 0.5) is 5.95 Å². The van der Waals surface area contributed by atoms with Crippen molar-refractivity contribution in [1.29, 1.82) is 0 Å². The number of hydrogen-bond acceptors (Lipinski definition) is 6. The van der Waals surface area contributed by atoms with E-state index in [1.165, 1.54) is 9.13 Å². The summed E-state index contributed by atoms with van der Waals surface area (Å²) in [6.07, 6.45) is 5.20. The zero-order valence-corrected chi connectivity index (χ0v) is 19.8. The van der Waals surface area contributed by atoms with Crippen molar-refractivity contribution in [2.75, 3.05) is 37.7 Å². The van der Waals surface area contributed by atoms with Crippen molar-refractivity contribution in [3.8, 4) is 0 Å². The van der Waals surface area contributed by atoms with Crippen LogP contribution in [0.2, 0.25) is 0 Å². The molecule has 180 valence electrons. The number of aromatic nitrogens is 4. The summed E-state index contributed by atoms with van der Waals surface area (Å²) in [5, 5.41) is 3.48. The van der Waals surface area contributed by atoms with E-state index in [0.29, 0.717) is 42.9 Å². The normalized spacial score (nSPS) is 20.1. The summed E-state index contributed by atoms with van der Waals surface area (Å²) in [6, 6.07) is 10.4. The van der Waals surface area contributed by atoms with Crippen LogP contribution >= 0.6 is 0 Å². The van der Waals surface area contributed by atoms with E-state index < -0.39 is 0 Å². The average Bonchev–Trinajstić information content (AvgIpc) is 3.55. The predicted molar refractivity (Wildman–Crippen MR) is 133 cm³/mol. The second kappa shape index (κ2) is 9.60. The lowest BCUT2D eigenvalue weighted by Crippen LogP contribution is -2.40. The van der Waals surface area contributed by atoms with Gasteiger partial charge >= 0.3 is 5.69 Å². The molecule has 9 nitrogen and oxygen atoms in total.